The number of aromatic nitrogens is 1. The van der Waals surface area contributed by atoms with Gasteiger partial charge in [-0.1, -0.05) is 30.3 Å². The van der Waals surface area contributed by atoms with Crippen molar-refractivity contribution < 1.29 is 8.42 Å². The fourth-order valence-corrected chi connectivity index (χ4v) is 2.87. The summed E-state index contributed by atoms with van der Waals surface area (Å²) in [6.45, 7) is 0. The molecule has 0 bridgehead atoms. The van der Waals surface area contributed by atoms with E-state index in [1.165, 1.54) is 6.20 Å². The predicted molar refractivity (Wildman–Crippen MR) is 76.4 cm³/mol. The van der Waals surface area contributed by atoms with Gasteiger partial charge in [-0.25, -0.2) is 8.42 Å². The minimum absolute atomic E-state index is 0.108. The van der Waals surface area contributed by atoms with E-state index in [-0.39, 0.29) is 5.75 Å². The van der Waals surface area contributed by atoms with Crippen LogP contribution in [0.5, 0.6) is 0 Å². The molecule has 0 spiro atoms. The Labute approximate surface area is 113 Å². The predicted octanol–water partition coefficient (Wildman–Crippen LogP) is 2.46. The van der Waals surface area contributed by atoms with Crippen LogP contribution < -0.4 is 4.72 Å². The number of hydrogen-bond donors (Lipinski definition) is 1. The summed E-state index contributed by atoms with van der Waals surface area (Å²) in [5.41, 5.74) is 1.65. The molecule has 1 aromatic heterocycles. The van der Waals surface area contributed by atoms with Gasteiger partial charge in [0.15, 0.2) is 0 Å². The molecule has 4 nitrogen and oxygen atoms in total. The lowest BCUT2D eigenvalue weighted by Gasteiger charge is -2.07. The van der Waals surface area contributed by atoms with E-state index < -0.39 is 10.0 Å². The molecule has 0 radical (unpaired) electrons. The molecule has 0 saturated heterocycles. The quantitative estimate of drug-likeness (QED) is 0.881. The highest BCUT2D eigenvalue weighted by Crippen LogP contribution is 2.08. The van der Waals surface area contributed by atoms with E-state index in [2.05, 4.69) is 9.71 Å². The van der Waals surface area contributed by atoms with Crippen LogP contribution in [0, 0.1) is 0 Å². The highest BCUT2D eigenvalue weighted by Gasteiger charge is 2.09. The summed E-state index contributed by atoms with van der Waals surface area (Å²) in [5, 5.41) is 0. The van der Waals surface area contributed by atoms with Crippen molar-refractivity contribution in [3.8, 4) is 0 Å². The number of hydrogen-bond acceptors (Lipinski definition) is 3. The van der Waals surface area contributed by atoms with Gasteiger partial charge in [0.05, 0.1) is 17.6 Å². The normalized spacial score (nSPS) is 11.2. The van der Waals surface area contributed by atoms with Gasteiger partial charge in [0.25, 0.3) is 0 Å². The Bertz CT molecular complexity index is 598. The topological polar surface area (TPSA) is 59.1 Å². The molecule has 100 valence electrons. The monoisotopic (exact) mass is 276 g/mol. The largest absolute Gasteiger partial charge is 0.282 e. The summed E-state index contributed by atoms with van der Waals surface area (Å²) in [6.07, 6.45) is 4.45. The van der Waals surface area contributed by atoms with E-state index >= 15 is 0 Å². The van der Waals surface area contributed by atoms with Crippen molar-refractivity contribution in [2.24, 2.45) is 0 Å². The number of benzene rings is 1. The highest BCUT2D eigenvalue weighted by molar-refractivity contribution is 7.92. The van der Waals surface area contributed by atoms with E-state index in [9.17, 15) is 8.42 Å². The van der Waals surface area contributed by atoms with Crippen molar-refractivity contribution in [2.45, 2.75) is 12.8 Å². The fourth-order valence-electron chi connectivity index (χ4n) is 1.76. The molecular formula is C14H16N2O2S. The molecular weight excluding hydrogens is 260 g/mol. The molecule has 1 aromatic carbocycles. The van der Waals surface area contributed by atoms with Crippen LogP contribution in [0.25, 0.3) is 0 Å². The number of sulfonamides is 1. The van der Waals surface area contributed by atoms with Gasteiger partial charge in [-0.2, -0.15) is 0 Å². The average molecular weight is 276 g/mol. The van der Waals surface area contributed by atoms with Crippen LogP contribution in [-0.2, 0) is 16.4 Å². The van der Waals surface area contributed by atoms with Crippen LogP contribution in [0.2, 0.25) is 0 Å². The molecule has 0 aliphatic carbocycles. The summed E-state index contributed by atoms with van der Waals surface area (Å²) < 4.78 is 26.2. The van der Waals surface area contributed by atoms with Crippen LogP contribution in [0.4, 0.5) is 5.69 Å². The van der Waals surface area contributed by atoms with Crippen LogP contribution in [-0.4, -0.2) is 19.2 Å². The van der Waals surface area contributed by atoms with Gasteiger partial charge in [-0.15, -0.1) is 0 Å². The number of anilines is 1. The molecule has 1 heterocycles. The number of nitrogens with zero attached hydrogens (tertiary/aromatic N) is 1. The van der Waals surface area contributed by atoms with Crippen molar-refractivity contribution in [3.63, 3.8) is 0 Å². The van der Waals surface area contributed by atoms with E-state index in [0.29, 0.717) is 12.1 Å². The van der Waals surface area contributed by atoms with Crippen molar-refractivity contribution in [3.05, 3.63) is 60.4 Å². The number of aryl methyl sites for hydroxylation is 1. The molecule has 19 heavy (non-hydrogen) atoms. The van der Waals surface area contributed by atoms with Gasteiger partial charge in [0.1, 0.15) is 0 Å². The van der Waals surface area contributed by atoms with Crippen LogP contribution in [0.3, 0.4) is 0 Å². The number of nitrogens with one attached hydrogen (secondary N) is 1. The summed E-state index contributed by atoms with van der Waals surface area (Å²) in [4.78, 5) is 3.87. The minimum atomic E-state index is -3.29. The average Bonchev–Trinajstić information content (AvgIpc) is 2.40. The van der Waals surface area contributed by atoms with Crippen LogP contribution >= 0.6 is 0 Å². The molecule has 0 fully saturated rings. The Morgan fingerprint density at radius 1 is 1.05 bits per heavy atom. The van der Waals surface area contributed by atoms with Crippen LogP contribution in [0.1, 0.15) is 12.0 Å². The smallest absolute Gasteiger partial charge is 0.232 e. The lowest BCUT2D eigenvalue weighted by atomic mass is 10.1. The van der Waals surface area contributed by atoms with Gasteiger partial charge >= 0.3 is 0 Å². The molecule has 0 atom stereocenters. The highest BCUT2D eigenvalue weighted by atomic mass is 32.2. The Morgan fingerprint density at radius 3 is 2.53 bits per heavy atom. The van der Waals surface area contributed by atoms with Crippen molar-refractivity contribution in [1.29, 1.82) is 0 Å². The van der Waals surface area contributed by atoms with Crippen molar-refractivity contribution >= 4 is 15.7 Å². The van der Waals surface area contributed by atoms with E-state index in [1.54, 1.807) is 18.3 Å². The first kappa shape index (κ1) is 13.5. The zero-order chi connectivity index (χ0) is 13.6. The lowest BCUT2D eigenvalue weighted by molar-refractivity contribution is 0.598. The Balaban J connectivity index is 1.85. The third-order valence-corrected chi connectivity index (χ3v) is 4.03. The second kappa shape index (κ2) is 6.33. The second-order valence-corrected chi connectivity index (χ2v) is 6.09. The first-order valence-electron chi connectivity index (χ1n) is 6.10. The zero-order valence-electron chi connectivity index (χ0n) is 10.5. The van der Waals surface area contributed by atoms with Gasteiger partial charge in [0, 0.05) is 6.20 Å². The Kier molecular flexibility index (Phi) is 4.52. The number of pyridine rings is 1. The Hall–Kier alpha value is -1.88. The summed E-state index contributed by atoms with van der Waals surface area (Å²) in [5.74, 6) is 0.108. The standard InChI is InChI=1S/C14H16N2O2S/c17-19(18,16-14-9-4-10-15-12-14)11-5-8-13-6-2-1-3-7-13/h1-4,6-7,9-10,12,16H,5,8,11H2. The summed E-state index contributed by atoms with van der Waals surface area (Å²) in [6, 6.07) is 13.2. The Morgan fingerprint density at radius 2 is 1.84 bits per heavy atom. The SMILES string of the molecule is O=S(=O)(CCCc1ccccc1)Nc1cccnc1. The molecule has 0 aliphatic heterocycles. The maximum Gasteiger partial charge on any atom is 0.232 e. The maximum absolute atomic E-state index is 11.9. The third kappa shape index (κ3) is 4.71. The maximum atomic E-state index is 11.9. The van der Waals surface area contributed by atoms with Gasteiger partial charge < -0.3 is 0 Å². The minimum Gasteiger partial charge on any atom is -0.282 e. The van der Waals surface area contributed by atoms with Crippen LogP contribution in [0.15, 0.2) is 54.9 Å². The molecule has 0 aliphatic rings. The molecule has 0 amide bonds. The van der Waals surface area contributed by atoms with E-state index in [4.69, 9.17) is 0 Å². The first-order valence-corrected chi connectivity index (χ1v) is 7.75. The molecule has 1 N–H and O–H groups in total. The van der Waals surface area contributed by atoms with Crippen molar-refractivity contribution in [1.82, 2.24) is 4.98 Å². The molecule has 2 rings (SSSR count). The van der Waals surface area contributed by atoms with Gasteiger partial charge in [0.2, 0.25) is 10.0 Å². The third-order valence-electron chi connectivity index (χ3n) is 2.66. The molecule has 5 heteroatoms. The molecule has 2 aromatic rings. The summed E-state index contributed by atoms with van der Waals surface area (Å²) >= 11 is 0. The van der Waals surface area contributed by atoms with E-state index in [1.807, 2.05) is 30.3 Å². The van der Waals surface area contributed by atoms with Gasteiger partial charge in [-0.3, -0.25) is 9.71 Å². The molecule has 0 saturated carbocycles. The molecule has 0 unspecified atom stereocenters. The van der Waals surface area contributed by atoms with Gasteiger partial charge in [-0.05, 0) is 30.5 Å². The number of rotatable bonds is 6. The lowest BCUT2D eigenvalue weighted by Crippen LogP contribution is -2.17. The summed E-state index contributed by atoms with van der Waals surface area (Å²) in [7, 11) is -3.29. The second-order valence-electron chi connectivity index (χ2n) is 4.25. The van der Waals surface area contributed by atoms with Crippen molar-refractivity contribution in [2.75, 3.05) is 10.5 Å². The fraction of sp³-hybridized carbons (Fsp3) is 0.214. The zero-order valence-corrected chi connectivity index (χ0v) is 11.3. The first-order chi connectivity index (χ1) is 9.16. The van der Waals surface area contributed by atoms with E-state index in [0.717, 1.165) is 12.0 Å².